The molecule has 1 aliphatic rings. The highest BCUT2D eigenvalue weighted by atomic mass is 35.5. The topological polar surface area (TPSA) is 58.6 Å². The fraction of sp³-hybridized carbons (Fsp3) is 0.417. The number of hydrogen-bond acceptors (Lipinski definition) is 3. The number of carboxylic acids is 1. The third kappa shape index (κ3) is 3.14. The predicted octanol–water partition coefficient (Wildman–Crippen LogP) is 2.36. The van der Waals surface area contributed by atoms with E-state index in [1.54, 1.807) is 12.1 Å². The lowest BCUT2D eigenvalue weighted by Crippen LogP contribution is -2.28. The molecule has 1 aromatic rings. The summed E-state index contributed by atoms with van der Waals surface area (Å²) in [6.45, 7) is 1.15. The van der Waals surface area contributed by atoms with E-state index in [4.69, 9.17) is 33.0 Å². The smallest absolute Gasteiger partial charge is 0.310 e. The molecule has 0 radical (unpaired) electrons. The molecule has 0 amide bonds. The Balaban J connectivity index is 2.09. The Morgan fingerprint density at radius 2 is 2.11 bits per heavy atom. The van der Waals surface area contributed by atoms with Gasteiger partial charge in [0.1, 0.15) is 0 Å². The van der Waals surface area contributed by atoms with Gasteiger partial charge in [-0.3, -0.25) is 4.79 Å². The Kier molecular flexibility index (Phi) is 4.45. The van der Waals surface area contributed by atoms with Crippen LogP contribution in [0.5, 0.6) is 0 Å². The molecule has 0 spiro atoms. The largest absolute Gasteiger partial charge is 0.481 e. The average Bonchev–Trinajstić information content (AvgIpc) is 2.58. The summed E-state index contributed by atoms with van der Waals surface area (Å²) in [6.07, 6.45) is -0.205. The van der Waals surface area contributed by atoms with E-state index in [1.807, 2.05) is 6.07 Å². The van der Waals surface area contributed by atoms with Gasteiger partial charge in [-0.05, 0) is 17.7 Å². The van der Waals surface area contributed by atoms with Gasteiger partial charge in [-0.15, -0.1) is 0 Å². The maximum atomic E-state index is 10.9. The van der Waals surface area contributed by atoms with Gasteiger partial charge in [0.15, 0.2) is 0 Å². The van der Waals surface area contributed by atoms with E-state index < -0.39 is 11.9 Å². The molecule has 98 valence electrons. The summed E-state index contributed by atoms with van der Waals surface area (Å²) in [4.78, 5) is 10.9. The Morgan fingerprint density at radius 3 is 2.78 bits per heavy atom. The molecule has 2 atom stereocenters. The van der Waals surface area contributed by atoms with Crippen LogP contribution < -0.4 is 5.32 Å². The van der Waals surface area contributed by atoms with Crippen molar-refractivity contribution in [2.45, 2.75) is 6.10 Å². The Labute approximate surface area is 115 Å². The molecule has 0 saturated carbocycles. The molecule has 0 bridgehead atoms. The van der Waals surface area contributed by atoms with E-state index in [9.17, 15) is 4.79 Å². The third-order valence-corrected chi connectivity index (χ3v) is 3.62. The van der Waals surface area contributed by atoms with Crippen molar-refractivity contribution >= 4 is 29.2 Å². The normalized spacial score (nSPS) is 24.6. The van der Waals surface area contributed by atoms with Crippen LogP contribution in [-0.2, 0) is 9.53 Å². The summed E-state index contributed by atoms with van der Waals surface area (Å²) in [6, 6.07) is 5.29. The minimum Gasteiger partial charge on any atom is -0.481 e. The van der Waals surface area contributed by atoms with Crippen molar-refractivity contribution in [1.82, 2.24) is 5.32 Å². The van der Waals surface area contributed by atoms with Gasteiger partial charge < -0.3 is 15.2 Å². The van der Waals surface area contributed by atoms with Crippen LogP contribution in [-0.4, -0.2) is 30.8 Å². The SMILES string of the molecule is O=C(O)C1CNCC(c2ccc(Cl)c(Cl)c2)OC1. The van der Waals surface area contributed by atoms with Crippen LogP contribution in [0.4, 0.5) is 0 Å². The van der Waals surface area contributed by atoms with Crippen molar-refractivity contribution in [3.8, 4) is 0 Å². The zero-order valence-corrected chi connectivity index (χ0v) is 11.0. The van der Waals surface area contributed by atoms with Crippen LogP contribution in [0.3, 0.4) is 0 Å². The Bertz CT molecular complexity index is 453. The molecule has 1 fully saturated rings. The molecule has 2 N–H and O–H groups in total. The van der Waals surface area contributed by atoms with E-state index in [-0.39, 0.29) is 12.7 Å². The second kappa shape index (κ2) is 5.89. The zero-order valence-electron chi connectivity index (χ0n) is 9.53. The quantitative estimate of drug-likeness (QED) is 0.878. The summed E-state index contributed by atoms with van der Waals surface area (Å²) >= 11 is 11.8. The molecule has 6 heteroatoms. The van der Waals surface area contributed by atoms with E-state index in [0.29, 0.717) is 23.1 Å². The van der Waals surface area contributed by atoms with Gasteiger partial charge >= 0.3 is 5.97 Å². The molecule has 2 unspecified atom stereocenters. The van der Waals surface area contributed by atoms with Gasteiger partial charge in [0.25, 0.3) is 0 Å². The van der Waals surface area contributed by atoms with Crippen LogP contribution >= 0.6 is 23.2 Å². The lowest BCUT2D eigenvalue weighted by atomic mass is 10.1. The summed E-state index contributed by atoms with van der Waals surface area (Å²) < 4.78 is 5.61. The van der Waals surface area contributed by atoms with Crippen LogP contribution in [0.15, 0.2) is 18.2 Å². The summed E-state index contributed by atoms with van der Waals surface area (Å²) in [7, 11) is 0. The van der Waals surface area contributed by atoms with Crippen molar-refractivity contribution in [1.29, 1.82) is 0 Å². The van der Waals surface area contributed by atoms with Gasteiger partial charge in [-0.2, -0.15) is 0 Å². The molecular formula is C12H13Cl2NO3. The van der Waals surface area contributed by atoms with Gasteiger partial charge in [0, 0.05) is 13.1 Å². The van der Waals surface area contributed by atoms with Crippen molar-refractivity contribution in [3.05, 3.63) is 33.8 Å². The lowest BCUT2D eigenvalue weighted by Gasteiger charge is -2.16. The van der Waals surface area contributed by atoms with Crippen LogP contribution in [0.1, 0.15) is 11.7 Å². The Morgan fingerprint density at radius 1 is 1.33 bits per heavy atom. The highest BCUT2D eigenvalue weighted by Gasteiger charge is 2.24. The summed E-state index contributed by atoms with van der Waals surface area (Å²) in [5.41, 5.74) is 0.892. The first-order valence-corrected chi connectivity index (χ1v) is 6.33. The average molecular weight is 290 g/mol. The van der Waals surface area contributed by atoms with Crippen molar-refractivity contribution < 1.29 is 14.6 Å². The molecule has 0 aromatic heterocycles. The highest BCUT2D eigenvalue weighted by Crippen LogP contribution is 2.27. The molecule has 18 heavy (non-hydrogen) atoms. The monoisotopic (exact) mass is 289 g/mol. The van der Waals surface area contributed by atoms with Gasteiger partial charge in [-0.1, -0.05) is 29.3 Å². The molecule has 4 nitrogen and oxygen atoms in total. The second-order valence-corrected chi connectivity index (χ2v) is 5.00. The highest BCUT2D eigenvalue weighted by molar-refractivity contribution is 6.42. The minimum atomic E-state index is -0.850. The van der Waals surface area contributed by atoms with Crippen LogP contribution in [0.2, 0.25) is 10.0 Å². The number of carboxylic acid groups (broad SMARTS) is 1. The van der Waals surface area contributed by atoms with Gasteiger partial charge in [-0.25, -0.2) is 0 Å². The van der Waals surface area contributed by atoms with E-state index in [0.717, 1.165) is 5.56 Å². The number of hydrogen-bond donors (Lipinski definition) is 2. The first-order valence-electron chi connectivity index (χ1n) is 5.58. The van der Waals surface area contributed by atoms with Crippen LogP contribution in [0, 0.1) is 5.92 Å². The first-order chi connectivity index (χ1) is 8.58. The maximum Gasteiger partial charge on any atom is 0.310 e. The number of carbonyl (C=O) groups is 1. The van der Waals surface area contributed by atoms with E-state index in [2.05, 4.69) is 5.32 Å². The number of rotatable bonds is 2. The number of nitrogens with one attached hydrogen (secondary N) is 1. The zero-order chi connectivity index (χ0) is 13.1. The van der Waals surface area contributed by atoms with Gasteiger partial charge in [0.05, 0.1) is 28.7 Å². The van der Waals surface area contributed by atoms with Crippen molar-refractivity contribution in [2.75, 3.05) is 19.7 Å². The van der Waals surface area contributed by atoms with E-state index >= 15 is 0 Å². The minimum absolute atomic E-state index is 0.188. The summed E-state index contributed by atoms with van der Waals surface area (Å²) in [5.74, 6) is -1.37. The molecule has 2 rings (SSSR count). The number of benzene rings is 1. The van der Waals surface area contributed by atoms with Gasteiger partial charge in [0.2, 0.25) is 0 Å². The summed E-state index contributed by atoms with van der Waals surface area (Å²) in [5, 5.41) is 13.0. The lowest BCUT2D eigenvalue weighted by molar-refractivity contribution is -0.143. The molecular weight excluding hydrogens is 277 g/mol. The molecule has 1 heterocycles. The molecule has 1 saturated heterocycles. The predicted molar refractivity (Wildman–Crippen MR) is 69.2 cm³/mol. The maximum absolute atomic E-state index is 10.9. The Hall–Kier alpha value is -0.810. The standard InChI is InChI=1S/C12H13Cl2NO3/c13-9-2-1-7(3-10(9)14)11-5-15-4-8(6-18-11)12(16)17/h1-3,8,11,15H,4-6H2,(H,16,17). The van der Waals surface area contributed by atoms with Crippen molar-refractivity contribution in [3.63, 3.8) is 0 Å². The fourth-order valence-electron chi connectivity index (χ4n) is 1.82. The van der Waals surface area contributed by atoms with Crippen molar-refractivity contribution in [2.24, 2.45) is 5.92 Å². The van der Waals surface area contributed by atoms with E-state index in [1.165, 1.54) is 0 Å². The fourth-order valence-corrected chi connectivity index (χ4v) is 2.13. The van der Waals surface area contributed by atoms with Crippen LogP contribution in [0.25, 0.3) is 0 Å². The molecule has 0 aliphatic carbocycles. The molecule has 1 aliphatic heterocycles. The molecule has 1 aromatic carbocycles. The third-order valence-electron chi connectivity index (χ3n) is 2.88. The number of aliphatic carboxylic acids is 1. The second-order valence-electron chi connectivity index (χ2n) is 4.19. The number of ether oxygens (including phenoxy) is 1. The number of halogens is 2. The first kappa shape index (κ1) is 13.6.